The van der Waals surface area contributed by atoms with E-state index < -0.39 is 0 Å². The topological polar surface area (TPSA) is 29.4 Å². The highest BCUT2D eigenvalue weighted by molar-refractivity contribution is 5.40. The van der Waals surface area contributed by atoms with Crippen LogP contribution in [-0.4, -0.2) is 6.08 Å². The summed E-state index contributed by atoms with van der Waals surface area (Å²) in [6, 6.07) is 8.52. The highest BCUT2D eigenvalue weighted by atomic mass is 16.1. The van der Waals surface area contributed by atoms with Crippen LogP contribution in [0.2, 0.25) is 0 Å². The number of hydrogen-bond donors (Lipinski definition) is 0. The predicted octanol–water partition coefficient (Wildman–Crippen LogP) is 3.92. The van der Waals surface area contributed by atoms with Gasteiger partial charge in [0.25, 0.3) is 0 Å². The first-order valence-corrected chi connectivity index (χ1v) is 6.37. The molecule has 0 heterocycles. The molecule has 1 aliphatic carbocycles. The Balaban J connectivity index is 2.43. The van der Waals surface area contributed by atoms with Gasteiger partial charge < -0.3 is 0 Å². The van der Waals surface area contributed by atoms with E-state index in [4.69, 9.17) is 0 Å². The van der Waals surface area contributed by atoms with E-state index in [1.807, 2.05) is 0 Å². The summed E-state index contributed by atoms with van der Waals surface area (Å²) in [5.41, 5.74) is 2.21. The summed E-state index contributed by atoms with van der Waals surface area (Å²) < 4.78 is 0. The highest BCUT2D eigenvalue weighted by Gasteiger charge is 2.35. The summed E-state index contributed by atoms with van der Waals surface area (Å²) in [4.78, 5) is 14.8. The van der Waals surface area contributed by atoms with Gasteiger partial charge in [-0.05, 0) is 29.9 Å². The van der Waals surface area contributed by atoms with Gasteiger partial charge in [0, 0.05) is 0 Å². The van der Waals surface area contributed by atoms with Crippen LogP contribution in [0.15, 0.2) is 29.3 Å². The van der Waals surface area contributed by atoms with Crippen LogP contribution in [0.25, 0.3) is 0 Å². The molecule has 2 rings (SSSR count). The Labute approximate surface area is 103 Å². The van der Waals surface area contributed by atoms with Crippen molar-refractivity contribution in [3.05, 3.63) is 35.4 Å². The molecule has 0 aromatic heterocycles. The van der Waals surface area contributed by atoms with Crippen molar-refractivity contribution in [2.45, 2.75) is 51.0 Å². The zero-order valence-corrected chi connectivity index (χ0v) is 10.6. The monoisotopic (exact) mass is 229 g/mol. The van der Waals surface area contributed by atoms with E-state index in [1.54, 1.807) is 6.08 Å². The largest absolute Gasteiger partial charge is 0.235 e. The number of benzene rings is 1. The van der Waals surface area contributed by atoms with Gasteiger partial charge in [0.15, 0.2) is 0 Å². The van der Waals surface area contributed by atoms with Crippen molar-refractivity contribution >= 4 is 6.08 Å². The minimum absolute atomic E-state index is 0.285. The average molecular weight is 229 g/mol. The van der Waals surface area contributed by atoms with Crippen LogP contribution in [0.1, 0.15) is 56.6 Å². The lowest BCUT2D eigenvalue weighted by atomic mass is 9.86. The highest BCUT2D eigenvalue weighted by Crippen LogP contribution is 2.42. The van der Waals surface area contributed by atoms with E-state index in [1.165, 1.54) is 11.1 Å². The zero-order valence-electron chi connectivity index (χ0n) is 10.6. The van der Waals surface area contributed by atoms with Gasteiger partial charge in [-0.1, -0.05) is 51.0 Å². The molecule has 1 aromatic carbocycles. The number of isocyanates is 1. The molecule has 0 radical (unpaired) electrons. The number of aliphatic imine (C=N–C) groups is 1. The van der Waals surface area contributed by atoms with Crippen LogP contribution in [0.3, 0.4) is 0 Å². The van der Waals surface area contributed by atoms with Crippen LogP contribution in [-0.2, 0) is 10.3 Å². The molecule has 17 heavy (non-hydrogen) atoms. The fraction of sp³-hybridized carbons (Fsp3) is 0.533. The van der Waals surface area contributed by atoms with Crippen molar-refractivity contribution in [2.75, 3.05) is 0 Å². The van der Waals surface area contributed by atoms with E-state index >= 15 is 0 Å². The second kappa shape index (κ2) is 4.85. The van der Waals surface area contributed by atoms with Gasteiger partial charge in [0.1, 0.15) is 0 Å². The molecular formula is C15H19NO. The molecule has 0 atom stereocenters. The first kappa shape index (κ1) is 12.1. The maximum absolute atomic E-state index is 10.7. The number of nitrogens with zero attached hydrogens (tertiary/aromatic N) is 1. The third-order valence-corrected chi connectivity index (χ3v) is 3.78. The number of carbonyl (C=O) groups excluding carboxylic acids is 1. The molecule has 1 saturated carbocycles. The molecule has 0 saturated heterocycles. The summed E-state index contributed by atoms with van der Waals surface area (Å²) in [5.74, 6) is 0.508. The summed E-state index contributed by atoms with van der Waals surface area (Å²) in [7, 11) is 0. The lowest BCUT2D eigenvalue weighted by Crippen LogP contribution is -2.19. The molecule has 2 heteroatoms. The predicted molar refractivity (Wildman–Crippen MR) is 68.8 cm³/mol. The van der Waals surface area contributed by atoms with E-state index in [-0.39, 0.29) is 5.54 Å². The molecule has 0 aliphatic heterocycles. The van der Waals surface area contributed by atoms with Gasteiger partial charge in [0.05, 0.1) is 5.54 Å². The molecule has 0 spiro atoms. The fourth-order valence-corrected chi connectivity index (χ4v) is 2.70. The van der Waals surface area contributed by atoms with Crippen molar-refractivity contribution in [2.24, 2.45) is 4.99 Å². The van der Waals surface area contributed by atoms with Crippen molar-refractivity contribution in [1.82, 2.24) is 0 Å². The minimum Gasteiger partial charge on any atom is -0.211 e. The van der Waals surface area contributed by atoms with Gasteiger partial charge in [-0.3, -0.25) is 0 Å². The van der Waals surface area contributed by atoms with Crippen LogP contribution in [0.4, 0.5) is 0 Å². The van der Waals surface area contributed by atoms with Gasteiger partial charge in [-0.25, -0.2) is 4.79 Å². The minimum atomic E-state index is -0.285. The summed E-state index contributed by atoms with van der Waals surface area (Å²) >= 11 is 0. The van der Waals surface area contributed by atoms with E-state index in [2.05, 4.69) is 43.1 Å². The van der Waals surface area contributed by atoms with Gasteiger partial charge >= 0.3 is 0 Å². The molecule has 1 aliphatic rings. The van der Waals surface area contributed by atoms with Gasteiger partial charge in [-0.2, -0.15) is 4.99 Å². The van der Waals surface area contributed by atoms with Crippen molar-refractivity contribution in [3.8, 4) is 0 Å². The number of hydrogen-bond acceptors (Lipinski definition) is 2. The molecule has 0 N–H and O–H groups in total. The standard InChI is InChI=1S/C15H19NO/c1-12(2)13-6-5-7-14(10-13)15(16-11-17)8-3-4-9-15/h5-7,10,12H,3-4,8-9H2,1-2H3. The molecule has 1 aromatic rings. The Kier molecular flexibility index (Phi) is 3.44. The van der Waals surface area contributed by atoms with Crippen LogP contribution in [0, 0.1) is 0 Å². The van der Waals surface area contributed by atoms with Crippen LogP contribution in [0.5, 0.6) is 0 Å². The molecule has 0 unspecified atom stereocenters. The second-order valence-electron chi connectivity index (χ2n) is 5.22. The van der Waals surface area contributed by atoms with E-state index in [0.717, 1.165) is 25.7 Å². The Hall–Kier alpha value is -1.40. The van der Waals surface area contributed by atoms with Crippen molar-refractivity contribution in [3.63, 3.8) is 0 Å². The van der Waals surface area contributed by atoms with Crippen LogP contribution >= 0.6 is 0 Å². The molecular weight excluding hydrogens is 210 g/mol. The first-order chi connectivity index (χ1) is 8.18. The molecule has 0 bridgehead atoms. The lowest BCUT2D eigenvalue weighted by Gasteiger charge is -2.23. The SMILES string of the molecule is CC(C)c1cccc(C2(N=C=O)CCCC2)c1. The van der Waals surface area contributed by atoms with E-state index in [0.29, 0.717) is 5.92 Å². The summed E-state index contributed by atoms with van der Waals surface area (Å²) in [6.45, 7) is 4.37. The maximum Gasteiger partial charge on any atom is 0.235 e. The third kappa shape index (κ3) is 2.32. The third-order valence-electron chi connectivity index (χ3n) is 3.78. The van der Waals surface area contributed by atoms with E-state index in [9.17, 15) is 4.79 Å². The molecule has 90 valence electrons. The normalized spacial score (nSPS) is 18.1. The Morgan fingerprint density at radius 3 is 2.59 bits per heavy atom. The Morgan fingerprint density at radius 2 is 2.00 bits per heavy atom. The van der Waals surface area contributed by atoms with Gasteiger partial charge in [-0.15, -0.1) is 0 Å². The summed E-state index contributed by atoms with van der Waals surface area (Å²) in [6.07, 6.45) is 6.02. The van der Waals surface area contributed by atoms with Gasteiger partial charge in [0.2, 0.25) is 6.08 Å². The quantitative estimate of drug-likeness (QED) is 0.570. The first-order valence-electron chi connectivity index (χ1n) is 6.37. The maximum atomic E-state index is 10.7. The number of rotatable bonds is 3. The molecule has 0 amide bonds. The van der Waals surface area contributed by atoms with Crippen molar-refractivity contribution in [1.29, 1.82) is 0 Å². The average Bonchev–Trinajstić information content (AvgIpc) is 2.80. The van der Waals surface area contributed by atoms with Crippen molar-refractivity contribution < 1.29 is 4.79 Å². The molecule has 1 fully saturated rings. The van der Waals surface area contributed by atoms with Crippen LogP contribution < -0.4 is 0 Å². The Bertz CT molecular complexity index is 438. The lowest BCUT2D eigenvalue weighted by molar-refractivity contribution is 0.455. The smallest absolute Gasteiger partial charge is 0.211 e. The zero-order chi connectivity index (χ0) is 12.3. The molecule has 2 nitrogen and oxygen atoms in total. The summed E-state index contributed by atoms with van der Waals surface area (Å²) in [5, 5.41) is 0. The fourth-order valence-electron chi connectivity index (χ4n) is 2.70. The Morgan fingerprint density at radius 1 is 1.29 bits per heavy atom. The second-order valence-corrected chi connectivity index (χ2v) is 5.22.